The first-order valence-corrected chi connectivity index (χ1v) is 6.83. The second-order valence-corrected chi connectivity index (χ2v) is 5.54. The molecule has 0 bridgehead atoms. The van der Waals surface area contributed by atoms with Gasteiger partial charge in [0.25, 0.3) is 0 Å². The Morgan fingerprint density at radius 2 is 2.39 bits per heavy atom. The normalized spacial score (nSPS) is 22.0. The van der Waals surface area contributed by atoms with Crippen molar-refractivity contribution >= 4 is 21.9 Å². The Morgan fingerprint density at radius 3 is 2.94 bits per heavy atom. The number of nitrogens with zero attached hydrogens (tertiary/aromatic N) is 1. The quantitative estimate of drug-likeness (QED) is 0.890. The number of nitrogens with two attached hydrogens (primary N) is 1. The van der Waals surface area contributed by atoms with Gasteiger partial charge in [-0.1, -0.05) is 28.1 Å². The van der Waals surface area contributed by atoms with Crippen LogP contribution in [0.3, 0.4) is 0 Å². The molecule has 1 heterocycles. The summed E-state index contributed by atoms with van der Waals surface area (Å²) in [5, 5.41) is 9.03. The second kappa shape index (κ2) is 5.82. The summed E-state index contributed by atoms with van der Waals surface area (Å²) in [5.74, 6) is -0.964. The lowest BCUT2D eigenvalue weighted by atomic mass is 10.1. The van der Waals surface area contributed by atoms with E-state index in [1.165, 1.54) is 0 Å². The summed E-state index contributed by atoms with van der Waals surface area (Å²) < 4.78 is 1.02. The molecule has 0 aromatic heterocycles. The van der Waals surface area contributed by atoms with Gasteiger partial charge in [0.05, 0.1) is 5.92 Å². The maximum absolute atomic E-state index is 11.0. The first-order valence-electron chi connectivity index (χ1n) is 6.04. The van der Waals surface area contributed by atoms with E-state index in [2.05, 4.69) is 20.8 Å². The fraction of sp³-hybridized carbons (Fsp3) is 0.462. The predicted octanol–water partition coefficient (Wildman–Crippen LogP) is 1.86. The largest absolute Gasteiger partial charge is 0.481 e. The molecular weight excluding hydrogens is 296 g/mol. The molecule has 3 N–H and O–H groups in total. The van der Waals surface area contributed by atoms with Gasteiger partial charge in [0.1, 0.15) is 0 Å². The molecule has 0 spiro atoms. The van der Waals surface area contributed by atoms with Crippen LogP contribution in [0.4, 0.5) is 0 Å². The summed E-state index contributed by atoms with van der Waals surface area (Å²) in [7, 11) is 0. The number of halogens is 1. The molecule has 5 heteroatoms. The van der Waals surface area contributed by atoms with Crippen molar-refractivity contribution < 1.29 is 9.90 Å². The van der Waals surface area contributed by atoms with E-state index in [4.69, 9.17) is 10.8 Å². The van der Waals surface area contributed by atoms with Gasteiger partial charge in [0.15, 0.2) is 0 Å². The summed E-state index contributed by atoms with van der Waals surface area (Å²) in [4.78, 5) is 13.2. The first-order chi connectivity index (χ1) is 8.61. The molecule has 2 rings (SSSR count). The highest BCUT2D eigenvalue weighted by Gasteiger charge is 2.32. The van der Waals surface area contributed by atoms with Crippen LogP contribution in [0.15, 0.2) is 28.7 Å². The number of carboxylic acid groups (broad SMARTS) is 1. The van der Waals surface area contributed by atoms with Gasteiger partial charge in [-0.15, -0.1) is 0 Å². The standard InChI is InChI=1S/C13H17BrN2O2/c14-11-3-1-2-9(6-11)12(7-15)16-5-4-10(8-16)13(17)18/h1-3,6,10,12H,4-5,7-8,15H2,(H,17,18)/t10-,12-/m0/s1. The van der Waals surface area contributed by atoms with Crippen LogP contribution in [0.5, 0.6) is 0 Å². The Morgan fingerprint density at radius 1 is 1.61 bits per heavy atom. The molecule has 98 valence electrons. The van der Waals surface area contributed by atoms with Gasteiger partial charge in [-0.05, 0) is 30.7 Å². The minimum atomic E-state index is -0.706. The van der Waals surface area contributed by atoms with E-state index in [1.54, 1.807) is 0 Å². The van der Waals surface area contributed by atoms with Gasteiger partial charge >= 0.3 is 5.97 Å². The van der Waals surface area contributed by atoms with Gasteiger partial charge in [0, 0.05) is 23.6 Å². The van der Waals surface area contributed by atoms with Crippen LogP contribution in [-0.2, 0) is 4.79 Å². The van der Waals surface area contributed by atoms with Crippen LogP contribution >= 0.6 is 15.9 Å². The summed E-state index contributed by atoms with van der Waals surface area (Å²) >= 11 is 3.45. The molecule has 1 saturated heterocycles. The van der Waals surface area contributed by atoms with E-state index in [9.17, 15) is 4.79 Å². The third kappa shape index (κ3) is 2.91. The molecule has 18 heavy (non-hydrogen) atoms. The summed E-state index contributed by atoms with van der Waals surface area (Å²) in [6, 6.07) is 8.14. The van der Waals surface area contributed by atoms with Crippen LogP contribution in [0.2, 0.25) is 0 Å². The van der Waals surface area contributed by atoms with E-state index >= 15 is 0 Å². The van der Waals surface area contributed by atoms with E-state index in [-0.39, 0.29) is 12.0 Å². The fourth-order valence-electron chi connectivity index (χ4n) is 2.48. The lowest BCUT2D eigenvalue weighted by molar-refractivity contribution is -0.141. The van der Waals surface area contributed by atoms with Gasteiger partial charge < -0.3 is 10.8 Å². The van der Waals surface area contributed by atoms with E-state index in [1.807, 2.05) is 24.3 Å². The van der Waals surface area contributed by atoms with Crippen molar-refractivity contribution in [3.63, 3.8) is 0 Å². The summed E-state index contributed by atoms with van der Waals surface area (Å²) in [5.41, 5.74) is 6.99. The van der Waals surface area contributed by atoms with Gasteiger partial charge in [-0.3, -0.25) is 9.69 Å². The minimum absolute atomic E-state index is 0.104. The lowest BCUT2D eigenvalue weighted by Crippen LogP contribution is -2.32. The molecule has 0 amide bonds. The molecule has 1 aromatic carbocycles. The Hall–Kier alpha value is -0.910. The molecule has 1 aliphatic heterocycles. The van der Waals surface area contributed by atoms with Crippen molar-refractivity contribution in [2.45, 2.75) is 12.5 Å². The van der Waals surface area contributed by atoms with Crippen molar-refractivity contribution in [2.75, 3.05) is 19.6 Å². The number of carboxylic acids is 1. The zero-order chi connectivity index (χ0) is 13.1. The topological polar surface area (TPSA) is 66.6 Å². The van der Waals surface area contributed by atoms with Crippen LogP contribution in [-0.4, -0.2) is 35.6 Å². The van der Waals surface area contributed by atoms with E-state index in [0.717, 1.165) is 16.6 Å². The number of likely N-dealkylation sites (tertiary alicyclic amines) is 1. The van der Waals surface area contributed by atoms with Crippen molar-refractivity contribution in [2.24, 2.45) is 11.7 Å². The molecule has 1 aromatic rings. The van der Waals surface area contributed by atoms with Crippen molar-refractivity contribution in [3.8, 4) is 0 Å². The molecule has 1 aliphatic rings. The number of carbonyl (C=O) groups is 1. The molecule has 0 saturated carbocycles. The van der Waals surface area contributed by atoms with Crippen LogP contribution in [0, 0.1) is 5.92 Å². The molecule has 4 nitrogen and oxygen atoms in total. The Bertz CT molecular complexity index is 439. The molecule has 0 unspecified atom stereocenters. The summed E-state index contributed by atoms with van der Waals surface area (Å²) in [6.07, 6.45) is 0.708. The van der Waals surface area contributed by atoms with Crippen molar-refractivity contribution in [1.82, 2.24) is 4.90 Å². The first kappa shape index (κ1) is 13.5. The highest BCUT2D eigenvalue weighted by atomic mass is 79.9. The fourth-order valence-corrected chi connectivity index (χ4v) is 2.90. The predicted molar refractivity (Wildman–Crippen MR) is 73.3 cm³/mol. The molecular formula is C13H17BrN2O2. The number of aliphatic carboxylic acids is 1. The molecule has 2 atom stereocenters. The van der Waals surface area contributed by atoms with Crippen LogP contribution < -0.4 is 5.73 Å². The van der Waals surface area contributed by atoms with E-state index < -0.39 is 5.97 Å². The smallest absolute Gasteiger partial charge is 0.307 e. The monoisotopic (exact) mass is 312 g/mol. The Balaban J connectivity index is 2.13. The maximum Gasteiger partial charge on any atom is 0.307 e. The SMILES string of the molecule is NC[C@@H](c1cccc(Br)c1)N1CC[C@H](C(=O)O)C1. The van der Waals surface area contributed by atoms with Crippen molar-refractivity contribution in [1.29, 1.82) is 0 Å². The number of hydrogen-bond donors (Lipinski definition) is 2. The maximum atomic E-state index is 11.0. The zero-order valence-corrected chi connectivity index (χ0v) is 11.6. The molecule has 1 fully saturated rings. The van der Waals surface area contributed by atoms with Crippen LogP contribution in [0.25, 0.3) is 0 Å². The molecule has 0 radical (unpaired) electrons. The number of rotatable bonds is 4. The highest BCUT2D eigenvalue weighted by molar-refractivity contribution is 9.10. The number of hydrogen-bond acceptors (Lipinski definition) is 3. The average molecular weight is 313 g/mol. The van der Waals surface area contributed by atoms with Gasteiger partial charge in [0.2, 0.25) is 0 Å². The van der Waals surface area contributed by atoms with E-state index in [0.29, 0.717) is 19.5 Å². The van der Waals surface area contributed by atoms with Gasteiger partial charge in [-0.2, -0.15) is 0 Å². The third-order valence-corrected chi connectivity index (χ3v) is 3.96. The lowest BCUT2D eigenvalue weighted by Gasteiger charge is -2.27. The average Bonchev–Trinajstić information content (AvgIpc) is 2.80. The van der Waals surface area contributed by atoms with Gasteiger partial charge in [-0.25, -0.2) is 0 Å². The second-order valence-electron chi connectivity index (χ2n) is 4.63. The van der Waals surface area contributed by atoms with Crippen LogP contribution in [0.1, 0.15) is 18.0 Å². The highest BCUT2D eigenvalue weighted by Crippen LogP contribution is 2.28. The minimum Gasteiger partial charge on any atom is -0.481 e. The summed E-state index contributed by atoms with van der Waals surface area (Å²) in [6.45, 7) is 1.89. The number of benzene rings is 1. The Labute approximate surface area is 115 Å². The molecule has 0 aliphatic carbocycles. The zero-order valence-electron chi connectivity index (χ0n) is 10.1. The Kier molecular flexibility index (Phi) is 4.37. The van der Waals surface area contributed by atoms with Crippen molar-refractivity contribution in [3.05, 3.63) is 34.3 Å². The third-order valence-electron chi connectivity index (χ3n) is 3.47.